The molecule has 1 aliphatic carbocycles. The topological polar surface area (TPSA) is 12.0 Å². The molecule has 1 nitrogen and oxygen atoms in total. The summed E-state index contributed by atoms with van der Waals surface area (Å²) in [6, 6.07) is 16.0. The average Bonchev–Trinajstić information content (AvgIpc) is 2.39. The van der Waals surface area contributed by atoms with Crippen molar-refractivity contribution in [1.82, 2.24) is 5.32 Å². The molecular formula is C17H17BrFN. The summed E-state index contributed by atoms with van der Waals surface area (Å²) in [7, 11) is 0. The lowest BCUT2D eigenvalue weighted by Gasteiger charge is -2.36. The zero-order valence-electron chi connectivity index (χ0n) is 11.2. The van der Waals surface area contributed by atoms with Crippen molar-refractivity contribution in [3.8, 4) is 0 Å². The van der Waals surface area contributed by atoms with E-state index in [9.17, 15) is 4.39 Å². The largest absolute Gasteiger partial charge is 0.310 e. The van der Waals surface area contributed by atoms with Crippen LogP contribution in [-0.4, -0.2) is 6.04 Å². The van der Waals surface area contributed by atoms with E-state index in [0.29, 0.717) is 18.5 Å². The maximum Gasteiger partial charge on any atom is 0.127 e. The molecule has 0 saturated heterocycles. The molecule has 3 heteroatoms. The summed E-state index contributed by atoms with van der Waals surface area (Å²) in [5, 5.41) is 3.44. The third kappa shape index (κ3) is 3.10. The van der Waals surface area contributed by atoms with Gasteiger partial charge in [0.1, 0.15) is 5.82 Å². The fourth-order valence-electron chi connectivity index (χ4n) is 2.71. The minimum Gasteiger partial charge on any atom is -0.310 e. The summed E-state index contributed by atoms with van der Waals surface area (Å²) in [5.74, 6) is 0.508. The van der Waals surface area contributed by atoms with Crippen LogP contribution in [0.25, 0.3) is 0 Å². The van der Waals surface area contributed by atoms with Gasteiger partial charge in [0.25, 0.3) is 0 Å². The lowest BCUT2D eigenvalue weighted by atomic mass is 9.76. The minimum atomic E-state index is -0.122. The van der Waals surface area contributed by atoms with Gasteiger partial charge in [0.2, 0.25) is 0 Å². The Balaban J connectivity index is 1.50. The summed E-state index contributed by atoms with van der Waals surface area (Å²) in [4.78, 5) is 0. The average molecular weight is 334 g/mol. The van der Waals surface area contributed by atoms with Gasteiger partial charge < -0.3 is 5.32 Å². The first-order valence-electron chi connectivity index (χ1n) is 6.94. The molecule has 0 unspecified atom stereocenters. The van der Waals surface area contributed by atoms with Crippen molar-refractivity contribution in [2.45, 2.75) is 31.3 Å². The lowest BCUT2D eigenvalue weighted by molar-refractivity contribution is 0.288. The van der Waals surface area contributed by atoms with Gasteiger partial charge in [-0.2, -0.15) is 0 Å². The number of hydrogen-bond donors (Lipinski definition) is 1. The Morgan fingerprint density at radius 3 is 2.65 bits per heavy atom. The Hall–Kier alpha value is -1.19. The predicted octanol–water partition coefficient (Wildman–Crippen LogP) is 4.62. The van der Waals surface area contributed by atoms with Crippen molar-refractivity contribution in [3.63, 3.8) is 0 Å². The van der Waals surface area contributed by atoms with E-state index >= 15 is 0 Å². The quantitative estimate of drug-likeness (QED) is 0.860. The molecule has 1 N–H and O–H groups in total. The van der Waals surface area contributed by atoms with E-state index in [1.807, 2.05) is 12.1 Å². The van der Waals surface area contributed by atoms with Gasteiger partial charge in [-0.3, -0.25) is 0 Å². The summed E-state index contributed by atoms with van der Waals surface area (Å²) in [6.45, 7) is 0.614. The second kappa shape index (κ2) is 6.06. The molecule has 3 rings (SSSR count). The van der Waals surface area contributed by atoms with Crippen LogP contribution in [0.4, 0.5) is 4.39 Å². The third-order valence-corrected chi connectivity index (χ3v) is 4.49. The van der Waals surface area contributed by atoms with Gasteiger partial charge in [-0.15, -0.1) is 0 Å². The molecule has 0 atom stereocenters. The second-order valence-corrected chi connectivity index (χ2v) is 6.31. The van der Waals surface area contributed by atoms with Crippen molar-refractivity contribution in [1.29, 1.82) is 0 Å². The van der Waals surface area contributed by atoms with Crippen LogP contribution < -0.4 is 5.32 Å². The number of hydrogen-bond acceptors (Lipinski definition) is 1. The molecule has 0 bridgehead atoms. The van der Waals surface area contributed by atoms with Crippen LogP contribution in [0.5, 0.6) is 0 Å². The Labute approximate surface area is 127 Å². The van der Waals surface area contributed by atoms with Crippen LogP contribution in [-0.2, 0) is 6.54 Å². The minimum absolute atomic E-state index is 0.122. The Bertz CT molecular complexity index is 593. The van der Waals surface area contributed by atoms with Gasteiger partial charge in [0.15, 0.2) is 0 Å². The van der Waals surface area contributed by atoms with Crippen molar-refractivity contribution in [2.24, 2.45) is 0 Å². The van der Waals surface area contributed by atoms with Crippen molar-refractivity contribution in [2.75, 3.05) is 0 Å². The lowest BCUT2D eigenvalue weighted by Crippen LogP contribution is -2.39. The summed E-state index contributed by atoms with van der Waals surface area (Å²) in [6.07, 6.45) is 2.26. The molecule has 2 aromatic rings. The highest BCUT2D eigenvalue weighted by Crippen LogP contribution is 2.37. The first-order chi connectivity index (χ1) is 9.72. The molecule has 1 aliphatic rings. The molecule has 0 radical (unpaired) electrons. The number of nitrogens with one attached hydrogen (secondary N) is 1. The summed E-state index contributed by atoms with van der Waals surface area (Å²) in [5.41, 5.74) is 2.14. The van der Waals surface area contributed by atoms with Crippen molar-refractivity contribution in [3.05, 3.63) is 69.9 Å². The normalized spacial score (nSPS) is 21.5. The van der Waals surface area contributed by atoms with Crippen molar-refractivity contribution < 1.29 is 4.39 Å². The number of halogens is 2. The first-order valence-corrected chi connectivity index (χ1v) is 7.74. The van der Waals surface area contributed by atoms with Crippen LogP contribution in [0, 0.1) is 5.82 Å². The van der Waals surface area contributed by atoms with Crippen LogP contribution in [0.3, 0.4) is 0 Å². The van der Waals surface area contributed by atoms with E-state index in [1.54, 1.807) is 6.07 Å². The summed E-state index contributed by atoms with van der Waals surface area (Å²) >= 11 is 3.51. The molecule has 0 amide bonds. The highest BCUT2D eigenvalue weighted by molar-refractivity contribution is 9.10. The molecule has 1 fully saturated rings. The fourth-order valence-corrected chi connectivity index (χ4v) is 3.13. The monoisotopic (exact) mass is 333 g/mol. The second-order valence-electron chi connectivity index (χ2n) is 5.39. The SMILES string of the molecule is Fc1ccccc1CNC1CC(c2cccc(Br)c2)C1. The van der Waals surface area contributed by atoms with Crippen LogP contribution >= 0.6 is 15.9 Å². The molecule has 20 heavy (non-hydrogen) atoms. The Morgan fingerprint density at radius 2 is 1.90 bits per heavy atom. The molecule has 0 aliphatic heterocycles. The van der Waals surface area contributed by atoms with Gasteiger partial charge in [-0.05, 0) is 42.5 Å². The van der Waals surface area contributed by atoms with E-state index in [0.717, 1.165) is 22.9 Å². The van der Waals surface area contributed by atoms with E-state index in [1.165, 1.54) is 11.6 Å². The molecule has 104 valence electrons. The number of rotatable bonds is 4. The zero-order valence-corrected chi connectivity index (χ0v) is 12.7. The van der Waals surface area contributed by atoms with Crippen LogP contribution in [0.2, 0.25) is 0 Å². The first kappa shape index (κ1) is 13.8. The Kier molecular flexibility index (Phi) is 4.18. The highest BCUT2D eigenvalue weighted by Gasteiger charge is 2.29. The van der Waals surface area contributed by atoms with Crippen molar-refractivity contribution >= 4 is 15.9 Å². The molecule has 2 aromatic carbocycles. The van der Waals surface area contributed by atoms with Crippen LogP contribution in [0.1, 0.15) is 29.9 Å². The van der Waals surface area contributed by atoms with Crippen LogP contribution in [0.15, 0.2) is 53.0 Å². The maximum absolute atomic E-state index is 13.5. The Morgan fingerprint density at radius 1 is 1.10 bits per heavy atom. The number of benzene rings is 2. The van der Waals surface area contributed by atoms with Gasteiger partial charge >= 0.3 is 0 Å². The maximum atomic E-state index is 13.5. The van der Waals surface area contributed by atoms with E-state index < -0.39 is 0 Å². The van der Waals surface area contributed by atoms with Gasteiger partial charge in [0.05, 0.1) is 0 Å². The standard InChI is InChI=1S/C17H17BrFN/c18-15-6-3-5-12(8-15)14-9-16(10-14)20-11-13-4-1-2-7-17(13)19/h1-8,14,16,20H,9-11H2. The van der Waals surface area contributed by atoms with E-state index in [4.69, 9.17) is 0 Å². The molecule has 0 spiro atoms. The van der Waals surface area contributed by atoms with Gasteiger partial charge in [-0.25, -0.2) is 4.39 Å². The molecule has 0 heterocycles. The van der Waals surface area contributed by atoms with E-state index in [-0.39, 0.29) is 5.82 Å². The smallest absolute Gasteiger partial charge is 0.127 e. The third-order valence-electron chi connectivity index (χ3n) is 4.00. The highest BCUT2D eigenvalue weighted by atomic mass is 79.9. The molecule has 0 aromatic heterocycles. The van der Waals surface area contributed by atoms with Gasteiger partial charge in [-0.1, -0.05) is 46.3 Å². The predicted molar refractivity (Wildman–Crippen MR) is 83.1 cm³/mol. The molecular weight excluding hydrogens is 317 g/mol. The van der Waals surface area contributed by atoms with E-state index in [2.05, 4.69) is 45.5 Å². The molecule has 1 saturated carbocycles. The summed E-state index contributed by atoms with van der Waals surface area (Å²) < 4.78 is 14.6. The fraction of sp³-hybridized carbons (Fsp3) is 0.294. The van der Waals surface area contributed by atoms with Gasteiger partial charge in [0, 0.05) is 22.6 Å². The zero-order chi connectivity index (χ0) is 13.9.